The number of hydrogen-bond acceptors (Lipinski definition) is 7. The molecule has 1 saturated heterocycles. The number of ether oxygens (including phenoxy) is 3. The Morgan fingerprint density at radius 1 is 1.15 bits per heavy atom. The zero-order valence-corrected chi connectivity index (χ0v) is 20.8. The summed E-state index contributed by atoms with van der Waals surface area (Å²) in [5.74, 6) is 1.16. The number of anilines is 1. The van der Waals surface area contributed by atoms with E-state index < -0.39 is 4.92 Å². The summed E-state index contributed by atoms with van der Waals surface area (Å²) in [4.78, 5) is 17.5. The molecule has 1 aliphatic rings. The van der Waals surface area contributed by atoms with Crippen LogP contribution in [0.2, 0.25) is 0 Å². The molecule has 0 aromatic heterocycles. The van der Waals surface area contributed by atoms with Crippen LogP contribution in [0.5, 0.6) is 11.5 Å². The summed E-state index contributed by atoms with van der Waals surface area (Å²) >= 11 is 2.19. The van der Waals surface area contributed by atoms with Crippen molar-refractivity contribution in [2.75, 3.05) is 38.3 Å². The Labute approximate surface area is 211 Å². The van der Waals surface area contributed by atoms with Crippen LogP contribution in [-0.4, -0.2) is 44.6 Å². The van der Waals surface area contributed by atoms with E-state index in [9.17, 15) is 10.1 Å². The summed E-state index contributed by atoms with van der Waals surface area (Å²) in [7, 11) is 1.58. The van der Waals surface area contributed by atoms with Gasteiger partial charge in [0.25, 0.3) is 5.69 Å². The van der Waals surface area contributed by atoms with Crippen LogP contribution in [0.1, 0.15) is 11.1 Å². The van der Waals surface area contributed by atoms with Gasteiger partial charge in [0.2, 0.25) is 0 Å². The van der Waals surface area contributed by atoms with Crippen molar-refractivity contribution < 1.29 is 19.1 Å². The number of nitrogens with zero attached hydrogens (tertiary/aromatic N) is 3. The van der Waals surface area contributed by atoms with Crippen LogP contribution in [0.4, 0.5) is 17.1 Å². The van der Waals surface area contributed by atoms with Crippen molar-refractivity contribution in [1.82, 2.24) is 0 Å². The van der Waals surface area contributed by atoms with E-state index in [-0.39, 0.29) is 12.3 Å². The predicted octanol–water partition coefficient (Wildman–Crippen LogP) is 5.37. The summed E-state index contributed by atoms with van der Waals surface area (Å²) in [6, 6.07) is 18.4. The summed E-state index contributed by atoms with van der Waals surface area (Å²) < 4.78 is 17.8. The molecule has 9 heteroatoms. The molecule has 8 nitrogen and oxygen atoms in total. The predicted molar refractivity (Wildman–Crippen MR) is 140 cm³/mol. The fourth-order valence-corrected chi connectivity index (χ4v) is 4.37. The maximum atomic E-state index is 11.0. The van der Waals surface area contributed by atoms with E-state index in [0.717, 1.165) is 41.1 Å². The summed E-state index contributed by atoms with van der Waals surface area (Å²) in [5, 5.41) is 11.0. The van der Waals surface area contributed by atoms with Gasteiger partial charge in [0.05, 0.1) is 34.5 Å². The van der Waals surface area contributed by atoms with E-state index in [4.69, 9.17) is 14.2 Å². The first kappa shape index (κ1) is 24.0. The molecule has 34 heavy (non-hydrogen) atoms. The van der Waals surface area contributed by atoms with Gasteiger partial charge in [-0.3, -0.25) is 15.1 Å². The van der Waals surface area contributed by atoms with Gasteiger partial charge in [-0.15, -0.1) is 0 Å². The first-order valence-corrected chi connectivity index (χ1v) is 11.8. The van der Waals surface area contributed by atoms with Gasteiger partial charge in [-0.2, -0.15) is 0 Å². The molecule has 4 rings (SSSR count). The Kier molecular flexibility index (Phi) is 7.96. The number of benzene rings is 3. The summed E-state index contributed by atoms with van der Waals surface area (Å²) in [5.41, 5.74) is 3.65. The van der Waals surface area contributed by atoms with E-state index in [1.807, 2.05) is 24.3 Å². The van der Waals surface area contributed by atoms with Crippen molar-refractivity contribution >= 4 is 45.9 Å². The van der Waals surface area contributed by atoms with Gasteiger partial charge < -0.3 is 19.1 Å². The molecule has 0 spiro atoms. The first-order valence-electron chi connectivity index (χ1n) is 10.7. The number of non-ortho nitro benzene ring substituents is 1. The highest BCUT2D eigenvalue weighted by Crippen LogP contribution is 2.34. The minimum atomic E-state index is -0.419. The van der Waals surface area contributed by atoms with Gasteiger partial charge in [0.1, 0.15) is 6.61 Å². The standard InChI is InChI=1S/C25H24IN3O5/c1-32-24-15-19(16-27-20-5-7-21(8-6-20)28-9-11-33-12-10-28)14-23(26)25(24)34-17-18-3-2-4-22(13-18)29(30)31/h2-8,13-16H,9-12,17H2,1H3. The van der Waals surface area contributed by atoms with Crippen LogP contribution in [0.3, 0.4) is 0 Å². The van der Waals surface area contributed by atoms with Gasteiger partial charge >= 0.3 is 0 Å². The first-order chi connectivity index (χ1) is 16.5. The molecule has 0 radical (unpaired) electrons. The fraction of sp³-hybridized carbons (Fsp3) is 0.240. The molecule has 0 atom stereocenters. The third kappa shape index (κ3) is 6.03. The Morgan fingerprint density at radius 2 is 1.91 bits per heavy atom. The van der Waals surface area contributed by atoms with Gasteiger partial charge in [0, 0.05) is 37.1 Å². The summed E-state index contributed by atoms with van der Waals surface area (Å²) in [6.45, 7) is 3.50. The van der Waals surface area contributed by atoms with E-state index >= 15 is 0 Å². The number of nitro groups is 1. The molecule has 176 valence electrons. The lowest BCUT2D eigenvalue weighted by atomic mass is 10.2. The normalized spacial score (nSPS) is 13.8. The summed E-state index contributed by atoms with van der Waals surface area (Å²) in [6.07, 6.45) is 1.79. The molecule has 1 fully saturated rings. The molecule has 0 N–H and O–H groups in total. The average molecular weight is 573 g/mol. The molecule has 0 aliphatic carbocycles. The number of methoxy groups -OCH3 is 1. The molecule has 0 bridgehead atoms. The van der Waals surface area contributed by atoms with Crippen molar-refractivity contribution in [1.29, 1.82) is 0 Å². The van der Waals surface area contributed by atoms with E-state index in [1.54, 1.807) is 25.5 Å². The van der Waals surface area contributed by atoms with Crippen LogP contribution in [0, 0.1) is 13.7 Å². The highest BCUT2D eigenvalue weighted by Gasteiger charge is 2.13. The van der Waals surface area contributed by atoms with Crippen molar-refractivity contribution in [3.05, 3.63) is 85.5 Å². The van der Waals surface area contributed by atoms with Crippen LogP contribution < -0.4 is 14.4 Å². The van der Waals surface area contributed by atoms with Crippen LogP contribution in [-0.2, 0) is 11.3 Å². The van der Waals surface area contributed by atoms with Gasteiger partial charge in [-0.05, 0) is 70.1 Å². The molecule has 3 aromatic carbocycles. The third-order valence-corrected chi connectivity index (χ3v) is 6.15. The Morgan fingerprint density at radius 3 is 2.62 bits per heavy atom. The Hall–Kier alpha value is -3.18. The van der Waals surface area contributed by atoms with Crippen LogP contribution in [0.25, 0.3) is 0 Å². The smallest absolute Gasteiger partial charge is 0.269 e. The second kappa shape index (κ2) is 11.3. The Balaban J connectivity index is 1.45. The second-order valence-corrected chi connectivity index (χ2v) is 8.79. The van der Waals surface area contributed by atoms with Gasteiger partial charge in [0.15, 0.2) is 11.5 Å². The van der Waals surface area contributed by atoms with Crippen LogP contribution in [0.15, 0.2) is 65.7 Å². The highest BCUT2D eigenvalue weighted by molar-refractivity contribution is 14.1. The maximum absolute atomic E-state index is 11.0. The average Bonchev–Trinajstić information content (AvgIpc) is 2.87. The zero-order chi connectivity index (χ0) is 23.9. The molecular formula is C25H24IN3O5. The molecule has 1 heterocycles. The molecule has 0 saturated carbocycles. The van der Waals surface area contributed by atoms with Crippen molar-refractivity contribution in [3.8, 4) is 11.5 Å². The largest absolute Gasteiger partial charge is 0.493 e. The topological polar surface area (TPSA) is 86.4 Å². The molecule has 0 unspecified atom stereocenters. The number of rotatable bonds is 8. The molecular weight excluding hydrogens is 549 g/mol. The lowest BCUT2D eigenvalue weighted by Crippen LogP contribution is -2.36. The maximum Gasteiger partial charge on any atom is 0.269 e. The quantitative estimate of drug-likeness (QED) is 0.156. The SMILES string of the molecule is COc1cc(C=Nc2ccc(N3CCOCC3)cc2)cc(I)c1OCc1cccc([N+](=O)[O-])c1. The van der Waals surface area contributed by atoms with Crippen LogP contribution >= 0.6 is 22.6 Å². The lowest BCUT2D eigenvalue weighted by molar-refractivity contribution is -0.384. The molecule has 1 aliphatic heterocycles. The number of hydrogen-bond donors (Lipinski definition) is 0. The third-order valence-electron chi connectivity index (χ3n) is 5.34. The fourth-order valence-electron chi connectivity index (χ4n) is 3.59. The van der Waals surface area contributed by atoms with Crippen molar-refractivity contribution in [2.45, 2.75) is 6.61 Å². The number of nitro benzene ring substituents is 1. The second-order valence-electron chi connectivity index (χ2n) is 7.62. The van der Waals surface area contributed by atoms with E-state index in [1.165, 1.54) is 17.8 Å². The van der Waals surface area contributed by atoms with Gasteiger partial charge in [-0.25, -0.2) is 0 Å². The minimum Gasteiger partial charge on any atom is -0.493 e. The monoisotopic (exact) mass is 573 g/mol. The number of halogens is 1. The molecule has 0 amide bonds. The van der Waals surface area contributed by atoms with Crippen molar-refractivity contribution in [2.24, 2.45) is 4.99 Å². The number of morpholine rings is 1. The van der Waals surface area contributed by atoms with E-state index in [2.05, 4.69) is 44.6 Å². The van der Waals surface area contributed by atoms with Gasteiger partial charge in [-0.1, -0.05) is 12.1 Å². The van der Waals surface area contributed by atoms with Crippen molar-refractivity contribution in [3.63, 3.8) is 0 Å². The molecule has 3 aromatic rings. The van der Waals surface area contributed by atoms with E-state index in [0.29, 0.717) is 17.1 Å². The Bertz CT molecular complexity index is 1180. The highest BCUT2D eigenvalue weighted by atomic mass is 127. The zero-order valence-electron chi connectivity index (χ0n) is 18.6. The lowest BCUT2D eigenvalue weighted by Gasteiger charge is -2.28. The number of aliphatic imine (C=N–C) groups is 1. The minimum absolute atomic E-state index is 0.0345.